The average molecular weight is 615 g/mol. The van der Waals surface area contributed by atoms with Gasteiger partial charge in [-0.15, -0.1) is 0 Å². The molecule has 4 heterocycles. The number of hydrogen-bond acceptors (Lipinski definition) is 7. The number of likely N-dealkylation sites (tertiary alicyclic amines) is 1. The molecule has 0 spiro atoms. The molecule has 38 heavy (non-hydrogen) atoms. The molecular weight excluding hydrogens is 590 g/mol. The monoisotopic (exact) mass is 613 g/mol. The molecule has 3 atom stereocenters. The second kappa shape index (κ2) is 10.0. The number of hydrogen-bond donors (Lipinski definition) is 1. The van der Waals surface area contributed by atoms with Gasteiger partial charge in [0.2, 0.25) is 17.7 Å². The second-order valence-electron chi connectivity index (χ2n) is 9.65. The number of fused-ring (bicyclic) bond motifs is 2. The fourth-order valence-electron chi connectivity index (χ4n) is 5.56. The zero-order valence-corrected chi connectivity index (χ0v) is 23.4. The van der Waals surface area contributed by atoms with Crippen molar-refractivity contribution in [3.63, 3.8) is 0 Å². The lowest BCUT2D eigenvalue weighted by Gasteiger charge is -2.31. The number of anilines is 1. The Morgan fingerprint density at radius 1 is 0.974 bits per heavy atom. The van der Waals surface area contributed by atoms with Gasteiger partial charge in [-0.2, -0.15) is 0 Å². The van der Waals surface area contributed by atoms with Crippen LogP contribution >= 0.6 is 39.0 Å². The number of nitrogens with zero attached hydrogens (tertiary/aromatic N) is 3. The number of halogens is 1. The van der Waals surface area contributed by atoms with E-state index in [9.17, 15) is 24.3 Å². The van der Waals surface area contributed by atoms with Crippen LogP contribution in [-0.4, -0.2) is 50.6 Å². The third kappa shape index (κ3) is 4.20. The maximum atomic E-state index is 13.9. The first-order valence-electron chi connectivity index (χ1n) is 12.4. The number of aromatic nitrogens is 1. The molecule has 3 amide bonds. The van der Waals surface area contributed by atoms with E-state index in [1.54, 1.807) is 53.4 Å². The number of phenols is 1. The Bertz CT molecular complexity index is 1500. The number of phenolic OH excluding ortho intramolecular Hbond substituents is 1. The summed E-state index contributed by atoms with van der Waals surface area (Å²) in [5.74, 6) is -2.37. The molecule has 0 saturated carbocycles. The van der Waals surface area contributed by atoms with Crippen LogP contribution in [0.2, 0.25) is 0 Å². The third-order valence-electron chi connectivity index (χ3n) is 7.41. The molecule has 3 aliphatic rings. The zero-order valence-electron chi connectivity index (χ0n) is 20.2. The van der Waals surface area contributed by atoms with Crippen LogP contribution in [0.4, 0.5) is 5.69 Å². The van der Waals surface area contributed by atoms with Crippen LogP contribution in [0.15, 0.2) is 62.8 Å². The molecular formula is C27H24BrN3O5S2. The number of imide groups is 1. The molecule has 8 nitrogen and oxygen atoms in total. The number of thioether (sulfide) groups is 1. The first-order chi connectivity index (χ1) is 18.3. The molecule has 1 N–H and O–H groups in total. The molecule has 0 bridgehead atoms. The van der Waals surface area contributed by atoms with Gasteiger partial charge in [-0.1, -0.05) is 57.2 Å². The van der Waals surface area contributed by atoms with Crippen molar-refractivity contribution in [3.8, 4) is 5.75 Å². The van der Waals surface area contributed by atoms with Gasteiger partial charge in [-0.25, -0.2) is 4.90 Å². The van der Waals surface area contributed by atoms with Crippen molar-refractivity contribution in [2.24, 2.45) is 5.92 Å². The Hall–Kier alpha value is -2.89. The molecule has 3 aliphatic heterocycles. The number of amides is 3. The van der Waals surface area contributed by atoms with Crippen LogP contribution < -0.4 is 9.77 Å². The molecule has 2 saturated heterocycles. The van der Waals surface area contributed by atoms with Crippen LogP contribution in [0.25, 0.3) is 0 Å². The Morgan fingerprint density at radius 2 is 1.68 bits per heavy atom. The van der Waals surface area contributed by atoms with Crippen molar-refractivity contribution >= 4 is 62.4 Å². The van der Waals surface area contributed by atoms with Crippen LogP contribution in [0, 0.1) is 5.92 Å². The van der Waals surface area contributed by atoms with E-state index in [2.05, 4.69) is 15.9 Å². The summed E-state index contributed by atoms with van der Waals surface area (Å²) in [6.45, 7) is 1.24. The summed E-state index contributed by atoms with van der Waals surface area (Å²) in [5, 5.41) is 10.5. The van der Waals surface area contributed by atoms with Gasteiger partial charge in [0.25, 0.3) is 0 Å². The number of para-hydroxylation sites is 1. The Morgan fingerprint density at radius 3 is 2.39 bits per heavy atom. The van der Waals surface area contributed by atoms with Crippen LogP contribution in [0.5, 0.6) is 5.75 Å². The number of thiazole rings is 1. The lowest BCUT2D eigenvalue weighted by atomic mass is 9.82. The van der Waals surface area contributed by atoms with E-state index < -0.39 is 17.1 Å². The molecule has 3 aromatic rings. The lowest BCUT2D eigenvalue weighted by molar-refractivity contribution is -0.133. The average Bonchev–Trinajstić information content (AvgIpc) is 3.36. The van der Waals surface area contributed by atoms with Gasteiger partial charge in [-0.05, 0) is 49.6 Å². The van der Waals surface area contributed by atoms with E-state index in [0.29, 0.717) is 34.2 Å². The van der Waals surface area contributed by atoms with Crippen molar-refractivity contribution in [1.29, 1.82) is 0 Å². The summed E-state index contributed by atoms with van der Waals surface area (Å²) in [6.07, 6.45) is 2.97. The topological polar surface area (TPSA) is 99.9 Å². The van der Waals surface area contributed by atoms with Crippen molar-refractivity contribution in [1.82, 2.24) is 9.47 Å². The van der Waals surface area contributed by atoms with E-state index in [-0.39, 0.29) is 34.9 Å². The summed E-state index contributed by atoms with van der Waals surface area (Å²) >= 11 is 5.55. The fraction of sp³-hybridized carbons (Fsp3) is 0.333. The molecule has 6 rings (SSSR count). The highest BCUT2D eigenvalue weighted by molar-refractivity contribution is 9.10. The molecule has 2 fully saturated rings. The first-order valence-corrected chi connectivity index (χ1v) is 14.9. The normalized spacial score (nSPS) is 22.9. The SMILES string of the molecule is O=C(Cn1c2c(sc1=O)[C@@H](c1ccccc1O)C1C(=O)N(c3ccc(Br)cc3)C(=O)C1S2)N1CCCCC1. The number of piperidine rings is 1. The van der Waals surface area contributed by atoms with Crippen LogP contribution in [0.1, 0.15) is 35.6 Å². The van der Waals surface area contributed by atoms with E-state index >= 15 is 0 Å². The summed E-state index contributed by atoms with van der Waals surface area (Å²) in [7, 11) is 0. The minimum absolute atomic E-state index is 0.00627. The van der Waals surface area contributed by atoms with E-state index in [1.807, 2.05) is 0 Å². The largest absolute Gasteiger partial charge is 0.508 e. The van der Waals surface area contributed by atoms with Crippen molar-refractivity contribution in [3.05, 3.63) is 73.1 Å². The number of rotatable bonds is 4. The van der Waals surface area contributed by atoms with E-state index in [4.69, 9.17) is 0 Å². The molecule has 196 valence electrons. The minimum atomic E-state index is -0.804. The summed E-state index contributed by atoms with van der Waals surface area (Å²) in [5.41, 5.74) is 0.953. The standard InChI is InChI=1S/C27H24BrN3O5S2/c28-15-8-10-16(11-9-15)31-24(34)21-20(17-6-2-3-7-18(17)32)23-26(37-22(21)25(31)35)30(27(36)38-23)14-19(33)29-12-4-1-5-13-29/h2-3,6-11,20-22,32H,1,4-5,12-14H2/t20-,21?,22?/m0/s1. The Balaban J connectivity index is 1.45. The Kier molecular flexibility index (Phi) is 6.69. The lowest BCUT2D eigenvalue weighted by Crippen LogP contribution is -2.39. The van der Waals surface area contributed by atoms with Gasteiger partial charge in [0.1, 0.15) is 17.5 Å². The molecule has 2 aromatic carbocycles. The zero-order chi connectivity index (χ0) is 26.6. The number of carbonyl (C=O) groups is 3. The summed E-state index contributed by atoms with van der Waals surface area (Å²) < 4.78 is 2.27. The third-order valence-corrected chi connectivity index (χ3v) is 10.5. The van der Waals surface area contributed by atoms with Gasteiger partial charge in [-0.3, -0.25) is 23.7 Å². The second-order valence-corrected chi connectivity index (χ2v) is 12.7. The molecule has 1 aromatic heterocycles. The summed E-state index contributed by atoms with van der Waals surface area (Å²) in [4.78, 5) is 57.3. The maximum absolute atomic E-state index is 13.9. The van der Waals surface area contributed by atoms with Crippen molar-refractivity contribution in [2.75, 3.05) is 18.0 Å². The van der Waals surface area contributed by atoms with Gasteiger partial charge in [0.15, 0.2) is 0 Å². The minimum Gasteiger partial charge on any atom is -0.508 e. The highest BCUT2D eigenvalue weighted by Gasteiger charge is 2.57. The maximum Gasteiger partial charge on any atom is 0.308 e. The number of aromatic hydroxyl groups is 1. The summed E-state index contributed by atoms with van der Waals surface area (Å²) in [6, 6.07) is 13.7. The van der Waals surface area contributed by atoms with Crippen molar-refractivity contribution < 1.29 is 19.5 Å². The van der Waals surface area contributed by atoms with E-state index in [0.717, 1.165) is 35.1 Å². The number of benzene rings is 2. The smallest absolute Gasteiger partial charge is 0.308 e. The molecule has 0 aliphatic carbocycles. The van der Waals surface area contributed by atoms with Crippen molar-refractivity contribution in [2.45, 2.75) is 42.0 Å². The fourth-order valence-corrected chi connectivity index (χ4v) is 8.59. The van der Waals surface area contributed by atoms with Gasteiger partial charge in [0.05, 0.1) is 16.6 Å². The molecule has 11 heteroatoms. The number of carbonyl (C=O) groups excluding carboxylic acids is 3. The quantitative estimate of drug-likeness (QED) is 0.443. The predicted molar refractivity (Wildman–Crippen MR) is 149 cm³/mol. The molecule has 2 unspecified atom stereocenters. The first kappa shape index (κ1) is 25.4. The van der Waals surface area contributed by atoms with Crippen LogP contribution in [-0.2, 0) is 20.9 Å². The van der Waals surface area contributed by atoms with Gasteiger partial charge >= 0.3 is 4.87 Å². The highest BCUT2D eigenvalue weighted by atomic mass is 79.9. The Labute approximate surface area is 235 Å². The highest BCUT2D eigenvalue weighted by Crippen LogP contribution is 2.55. The molecule has 0 radical (unpaired) electrons. The predicted octanol–water partition coefficient (Wildman–Crippen LogP) is 4.19. The van der Waals surface area contributed by atoms with Gasteiger partial charge < -0.3 is 10.0 Å². The van der Waals surface area contributed by atoms with Gasteiger partial charge in [0, 0.05) is 33.9 Å². The van der Waals surface area contributed by atoms with E-state index in [1.165, 1.54) is 21.2 Å². The van der Waals surface area contributed by atoms with Crippen LogP contribution in [0.3, 0.4) is 0 Å².